The van der Waals surface area contributed by atoms with Gasteiger partial charge in [-0.2, -0.15) is 87.3 Å². The zero-order chi connectivity index (χ0) is 25.5. The van der Waals surface area contributed by atoms with Crippen LogP contribution in [-0.2, 0) is 0 Å². The van der Waals surface area contributed by atoms with E-state index in [0.717, 1.165) is 0 Å². The van der Waals surface area contributed by atoms with Crippen molar-refractivity contribution in [2.75, 3.05) is 5.75 Å². The van der Waals surface area contributed by atoms with Crippen LogP contribution in [0.15, 0.2) is 0 Å². The fourth-order valence-corrected chi connectivity index (χ4v) is 2.21. The van der Waals surface area contributed by atoms with Crippen LogP contribution in [0.2, 0.25) is 0 Å². The summed E-state index contributed by atoms with van der Waals surface area (Å²) in [6, 6.07) is 0. The van der Waals surface area contributed by atoms with E-state index in [2.05, 4.69) is 12.6 Å². The second-order valence-electron chi connectivity index (χ2n) is 6.18. The highest BCUT2D eigenvalue weighted by Gasteiger charge is 2.95. The third-order valence-corrected chi connectivity index (χ3v) is 4.25. The van der Waals surface area contributed by atoms with E-state index >= 15 is 0 Å². The van der Waals surface area contributed by atoms with E-state index in [-0.39, 0.29) is 12.2 Å². The topological polar surface area (TPSA) is 0 Å². The average Bonchev–Trinajstić information content (AvgIpc) is 2.56. The van der Waals surface area contributed by atoms with E-state index in [1.54, 1.807) is 0 Å². The van der Waals surface area contributed by atoms with Gasteiger partial charge in [-0.3, -0.25) is 0 Å². The second kappa shape index (κ2) is 8.50. The molecule has 0 spiro atoms. The first-order valence-corrected chi connectivity index (χ1v) is 8.26. The van der Waals surface area contributed by atoms with Gasteiger partial charge in [-0.1, -0.05) is 6.42 Å². The molecule has 0 aromatic carbocycles. The van der Waals surface area contributed by atoms with Crippen molar-refractivity contribution in [1.82, 2.24) is 0 Å². The maximum atomic E-state index is 13.5. The van der Waals surface area contributed by atoms with Crippen LogP contribution in [0.3, 0.4) is 0 Å². The predicted octanol–water partition coefficient (Wildman–Crippen LogP) is 7.49. The molecule has 0 heterocycles. The predicted molar refractivity (Wildman–Crippen MR) is 73.0 cm³/mol. The Balaban J connectivity index is 6.37. The molecule has 188 valence electrons. The molecule has 0 unspecified atom stereocenters. The summed E-state index contributed by atoms with van der Waals surface area (Å²) in [5, 5.41) is 0. The number of hydrogen-bond donors (Lipinski definition) is 1. The van der Waals surface area contributed by atoms with Crippen molar-refractivity contribution in [3.8, 4) is 0 Å². The molecule has 0 atom stereocenters. The Morgan fingerprint density at radius 3 is 1.03 bits per heavy atom. The molecule has 0 saturated carbocycles. The van der Waals surface area contributed by atoms with Crippen molar-refractivity contribution >= 4 is 12.6 Å². The highest BCUT2D eigenvalue weighted by molar-refractivity contribution is 7.80. The molecule has 0 radical (unpaired) electrons. The van der Waals surface area contributed by atoms with Crippen LogP contribution >= 0.6 is 12.6 Å². The molecule has 0 fully saturated rings. The van der Waals surface area contributed by atoms with E-state index in [9.17, 15) is 74.6 Å². The van der Waals surface area contributed by atoms with E-state index in [1.807, 2.05) is 0 Å². The Kier molecular flexibility index (Phi) is 8.27. The van der Waals surface area contributed by atoms with E-state index in [1.165, 1.54) is 0 Å². The van der Waals surface area contributed by atoms with E-state index in [0.29, 0.717) is 0 Å². The van der Waals surface area contributed by atoms with Crippen LogP contribution in [0, 0.1) is 0 Å². The van der Waals surface area contributed by atoms with Gasteiger partial charge in [0.25, 0.3) is 0 Å². The van der Waals surface area contributed by atoms with Crippen molar-refractivity contribution in [2.24, 2.45) is 0 Å². The summed E-state index contributed by atoms with van der Waals surface area (Å²) in [4.78, 5) is 0. The third kappa shape index (κ3) is 4.50. The monoisotopic (exact) mass is 522 g/mol. The molecule has 0 nitrogen and oxygen atoms in total. The minimum Gasteiger partial charge on any atom is -0.200 e. The molecule has 31 heavy (non-hydrogen) atoms. The van der Waals surface area contributed by atoms with Gasteiger partial charge < -0.3 is 0 Å². The third-order valence-electron chi connectivity index (χ3n) is 3.94. The van der Waals surface area contributed by atoms with Crippen LogP contribution in [-0.4, -0.2) is 53.4 Å². The molecule has 0 amide bonds. The lowest BCUT2D eigenvalue weighted by molar-refractivity contribution is -0.461. The Hall–Kier alpha value is -0.840. The normalized spacial score (nSPS) is 16.1. The van der Waals surface area contributed by atoms with Crippen LogP contribution in [0.5, 0.6) is 0 Å². The number of thiol groups is 1. The van der Waals surface area contributed by atoms with Crippen molar-refractivity contribution in [2.45, 2.75) is 73.3 Å². The molecule has 0 aliphatic heterocycles. The summed E-state index contributed by atoms with van der Waals surface area (Å²) in [5.74, 6) is -55.8. The van der Waals surface area contributed by atoms with E-state index < -0.39 is 66.9 Å². The average molecular weight is 522 g/mol. The van der Waals surface area contributed by atoms with Gasteiger partial charge in [0, 0.05) is 6.42 Å². The van der Waals surface area contributed by atoms with Crippen LogP contribution < -0.4 is 0 Å². The molecule has 0 aromatic rings. The number of hydrogen-bond acceptors (Lipinski definition) is 1. The van der Waals surface area contributed by atoms with Gasteiger partial charge in [-0.15, -0.1) is 0 Å². The maximum absolute atomic E-state index is 13.5. The molecule has 18 heteroatoms. The molecule has 0 aliphatic rings. The second-order valence-corrected chi connectivity index (χ2v) is 6.63. The first-order valence-electron chi connectivity index (χ1n) is 7.63. The fraction of sp³-hybridized carbons (Fsp3) is 1.00. The number of rotatable bonds is 11. The first-order chi connectivity index (χ1) is 13.3. The Bertz CT molecular complexity index is 606. The molecule has 0 saturated heterocycles. The first kappa shape index (κ1) is 30.2. The summed E-state index contributed by atoms with van der Waals surface area (Å²) < 4.78 is 221. The van der Waals surface area contributed by atoms with Crippen LogP contribution in [0.1, 0.15) is 25.7 Å². The summed E-state index contributed by atoms with van der Waals surface area (Å²) in [7, 11) is 0. The van der Waals surface area contributed by atoms with Gasteiger partial charge in [0.15, 0.2) is 0 Å². The van der Waals surface area contributed by atoms with Gasteiger partial charge in [0.05, 0.1) is 0 Å². The van der Waals surface area contributed by atoms with Crippen molar-refractivity contribution < 1.29 is 74.6 Å². The zero-order valence-corrected chi connectivity index (χ0v) is 15.3. The van der Waals surface area contributed by atoms with Crippen molar-refractivity contribution in [3.05, 3.63) is 0 Å². The molecule has 0 bridgehead atoms. The van der Waals surface area contributed by atoms with Gasteiger partial charge in [-0.05, 0) is 18.6 Å². The highest BCUT2D eigenvalue weighted by Crippen LogP contribution is 2.64. The number of alkyl halides is 17. The van der Waals surface area contributed by atoms with Crippen LogP contribution in [0.25, 0.3) is 0 Å². The van der Waals surface area contributed by atoms with Crippen molar-refractivity contribution in [3.63, 3.8) is 0 Å². The highest BCUT2D eigenvalue weighted by atomic mass is 32.1. The van der Waals surface area contributed by atoms with Gasteiger partial charge in [-0.25, -0.2) is 0 Å². The molecule has 0 aromatic heterocycles. The quantitative estimate of drug-likeness (QED) is 0.162. The molecule has 0 rings (SSSR count). The minimum atomic E-state index is -8.58. The number of halogens is 17. The van der Waals surface area contributed by atoms with Gasteiger partial charge >= 0.3 is 47.6 Å². The standard InChI is InChI=1S/C13H11F17S/c14-6(15,4-2-1-3-5-31)7(16,17)8(18,19)9(20,21)10(22,23)11(24,25)12(26,27)13(28,29)30/h31H,1-5H2. The molecule has 0 N–H and O–H groups in total. The molecule has 0 aliphatic carbocycles. The molecular formula is C13H11F17S. The smallest absolute Gasteiger partial charge is 0.200 e. The van der Waals surface area contributed by atoms with E-state index in [4.69, 9.17) is 0 Å². The van der Waals surface area contributed by atoms with Gasteiger partial charge in [0.2, 0.25) is 0 Å². The lowest BCUT2D eigenvalue weighted by Gasteiger charge is -2.42. The summed E-state index contributed by atoms with van der Waals surface area (Å²) in [6.45, 7) is 0. The lowest BCUT2D eigenvalue weighted by atomic mass is 9.88. The Morgan fingerprint density at radius 1 is 0.387 bits per heavy atom. The zero-order valence-electron chi connectivity index (χ0n) is 14.4. The lowest BCUT2D eigenvalue weighted by Crippen LogP contribution is -2.74. The number of unbranched alkanes of at least 4 members (excludes halogenated alkanes) is 2. The van der Waals surface area contributed by atoms with Crippen molar-refractivity contribution in [1.29, 1.82) is 0 Å². The summed E-state index contributed by atoms with van der Waals surface area (Å²) >= 11 is 3.56. The van der Waals surface area contributed by atoms with Crippen LogP contribution in [0.4, 0.5) is 74.6 Å². The fourth-order valence-electron chi connectivity index (χ4n) is 1.99. The van der Waals surface area contributed by atoms with Gasteiger partial charge in [0.1, 0.15) is 0 Å². The maximum Gasteiger partial charge on any atom is 0.460 e. The molecular weight excluding hydrogens is 511 g/mol. The summed E-state index contributed by atoms with van der Waals surface area (Å²) in [5.41, 5.74) is 0. The summed E-state index contributed by atoms with van der Waals surface area (Å²) in [6.07, 6.45) is -11.8. The largest absolute Gasteiger partial charge is 0.460 e. The Morgan fingerprint density at radius 2 is 0.710 bits per heavy atom. The Labute approximate surface area is 167 Å². The SMILES string of the molecule is FC(F)(F)C(F)(F)C(F)(F)C(F)(F)C(F)(F)C(F)(F)C(F)(F)C(F)(F)CCCCCS. The minimum absolute atomic E-state index is 0.0368.